The van der Waals surface area contributed by atoms with E-state index in [1.54, 1.807) is 0 Å². The Kier molecular flexibility index (Phi) is 7.62. The molecule has 5 aromatic rings. The minimum atomic E-state index is 0.987. The van der Waals surface area contributed by atoms with Crippen LogP contribution in [0, 0.1) is 0 Å². The largest absolute Gasteiger partial charge is 0.335 e. The lowest BCUT2D eigenvalue weighted by molar-refractivity contribution is -0.873. The smallest absolute Gasteiger partial charge is 0.265 e. The average Bonchev–Trinajstić information content (AvgIpc) is 3.41. The minimum absolute atomic E-state index is 0.987. The second-order valence-electron chi connectivity index (χ2n) is 13.4. The summed E-state index contributed by atoms with van der Waals surface area (Å²) in [6, 6.07) is 27.1. The summed E-state index contributed by atoms with van der Waals surface area (Å²) in [5, 5.41) is 7.94. The van der Waals surface area contributed by atoms with E-state index in [0.29, 0.717) is 0 Å². The molecule has 0 unspecified atom stereocenters. The fourth-order valence-corrected chi connectivity index (χ4v) is 8.15. The number of quaternary nitrogens is 2. The highest BCUT2D eigenvalue weighted by Crippen LogP contribution is 2.48. The van der Waals surface area contributed by atoms with Crippen LogP contribution in [0.5, 0.6) is 0 Å². The Morgan fingerprint density at radius 2 is 1.32 bits per heavy atom. The van der Waals surface area contributed by atoms with Crippen molar-refractivity contribution in [3.63, 3.8) is 0 Å². The third-order valence-corrected chi connectivity index (χ3v) is 10.1. The van der Waals surface area contributed by atoms with Crippen molar-refractivity contribution in [2.24, 2.45) is 0 Å². The number of hydrogen-bond acceptors (Lipinski definition) is 3. The van der Waals surface area contributed by atoms with E-state index >= 15 is 0 Å². The number of fused-ring (bicyclic) bond motifs is 4. The molecular formula is C35H43N4S2+3. The molecule has 0 saturated heterocycles. The van der Waals surface area contributed by atoms with E-state index in [1.165, 1.54) is 52.4 Å². The lowest BCUT2D eigenvalue weighted by Crippen LogP contribution is -2.41. The molecule has 4 aromatic carbocycles. The van der Waals surface area contributed by atoms with Crippen LogP contribution in [0.3, 0.4) is 0 Å². The van der Waals surface area contributed by atoms with E-state index in [2.05, 4.69) is 131 Å². The maximum Gasteiger partial charge on any atom is 0.265 e. The summed E-state index contributed by atoms with van der Waals surface area (Å²) >= 11 is 3.87. The molecule has 0 fully saturated rings. The number of nitrogens with zero attached hydrogens (tertiary/aromatic N) is 4. The Balaban J connectivity index is 1.44. The maximum atomic E-state index is 2.58. The molecule has 6 rings (SSSR count). The topological polar surface area (TPSA) is 7.12 Å². The van der Waals surface area contributed by atoms with Gasteiger partial charge in [-0.25, -0.2) is 0 Å². The lowest BCUT2D eigenvalue weighted by Gasteiger charge is -2.26. The summed E-state index contributed by atoms with van der Waals surface area (Å²) in [4.78, 5) is 3.95. The van der Waals surface area contributed by atoms with Gasteiger partial charge in [-0.15, -0.1) is 0 Å². The van der Waals surface area contributed by atoms with E-state index in [4.69, 9.17) is 0 Å². The summed E-state index contributed by atoms with van der Waals surface area (Å²) in [5.41, 5.74) is 2.70. The molecule has 0 saturated carbocycles. The SMILES string of the molecule is C[N+](C)(C)CCCN1C(=Cc2sc3cc4ccccc4cc3[n+]2CCC[N+](C)(C)C)Sc2cc3ccccc3cc21. The average molecular weight is 584 g/mol. The molecule has 6 heteroatoms. The number of aromatic nitrogens is 1. The normalized spacial score (nSPS) is 15.1. The molecule has 1 aromatic heterocycles. The second kappa shape index (κ2) is 11.1. The Bertz CT molecular complexity index is 1750. The molecular weight excluding hydrogens is 541 g/mol. The molecule has 0 atom stereocenters. The molecule has 212 valence electrons. The summed E-state index contributed by atoms with van der Waals surface area (Å²) in [7, 11) is 13.7. The predicted molar refractivity (Wildman–Crippen MR) is 180 cm³/mol. The van der Waals surface area contributed by atoms with E-state index < -0.39 is 0 Å². The van der Waals surface area contributed by atoms with Crippen molar-refractivity contribution in [2.45, 2.75) is 24.3 Å². The van der Waals surface area contributed by atoms with Gasteiger partial charge in [0.05, 0.1) is 78.6 Å². The molecule has 0 radical (unpaired) electrons. The van der Waals surface area contributed by atoms with Crippen LogP contribution in [0.15, 0.2) is 82.7 Å². The fourth-order valence-electron chi connectivity index (χ4n) is 5.76. The Morgan fingerprint density at radius 3 is 1.98 bits per heavy atom. The number of anilines is 1. The van der Waals surface area contributed by atoms with Crippen LogP contribution < -0.4 is 9.47 Å². The molecule has 4 nitrogen and oxygen atoms in total. The van der Waals surface area contributed by atoms with Gasteiger partial charge < -0.3 is 13.9 Å². The van der Waals surface area contributed by atoms with E-state index in [9.17, 15) is 0 Å². The molecule has 0 spiro atoms. The molecule has 2 heterocycles. The third kappa shape index (κ3) is 6.31. The highest BCUT2D eigenvalue weighted by Gasteiger charge is 2.29. The monoisotopic (exact) mass is 583 g/mol. The van der Waals surface area contributed by atoms with Crippen molar-refractivity contribution >= 4 is 66.6 Å². The standard InChI is InChI=1S/C35H43N4S2/c1-38(2,3)19-11-17-36-30-21-26-13-7-9-15-28(26)23-32(30)40-34(36)25-35-37(18-12-20-39(4,5)6)31-22-27-14-8-10-16-29(27)24-33(31)41-35/h7-10,13-16,21-25H,11-12,17-20H2,1-6H3/q+3. The predicted octanol–water partition coefficient (Wildman–Crippen LogP) is 7.60. The highest BCUT2D eigenvalue weighted by molar-refractivity contribution is 8.04. The van der Waals surface area contributed by atoms with Crippen LogP contribution in [-0.4, -0.2) is 70.9 Å². The number of hydrogen-bond donors (Lipinski definition) is 0. The quantitative estimate of drug-likeness (QED) is 0.130. The van der Waals surface area contributed by atoms with Gasteiger partial charge in [0.1, 0.15) is 4.70 Å². The molecule has 41 heavy (non-hydrogen) atoms. The van der Waals surface area contributed by atoms with Crippen LogP contribution in [0.1, 0.15) is 17.8 Å². The van der Waals surface area contributed by atoms with Gasteiger partial charge in [-0.05, 0) is 39.7 Å². The van der Waals surface area contributed by atoms with E-state index in [-0.39, 0.29) is 0 Å². The van der Waals surface area contributed by atoms with Gasteiger partial charge >= 0.3 is 0 Å². The van der Waals surface area contributed by atoms with Gasteiger partial charge in [-0.2, -0.15) is 4.57 Å². The van der Waals surface area contributed by atoms with E-state index in [1.807, 2.05) is 23.1 Å². The van der Waals surface area contributed by atoms with Crippen LogP contribution in [0.4, 0.5) is 5.69 Å². The van der Waals surface area contributed by atoms with Crippen LogP contribution >= 0.6 is 23.1 Å². The first-order chi connectivity index (χ1) is 19.5. The zero-order valence-corrected chi connectivity index (χ0v) is 27.0. The first-order valence-corrected chi connectivity index (χ1v) is 16.3. The summed E-state index contributed by atoms with van der Waals surface area (Å²) < 4.78 is 5.92. The number of thiazole rings is 1. The molecule has 1 aliphatic heterocycles. The van der Waals surface area contributed by atoms with Crippen LogP contribution in [-0.2, 0) is 6.54 Å². The number of thioether (sulfide) groups is 1. The zero-order chi connectivity index (χ0) is 28.8. The third-order valence-electron chi connectivity index (χ3n) is 7.87. The van der Waals surface area contributed by atoms with Gasteiger partial charge in [0.15, 0.2) is 6.54 Å². The van der Waals surface area contributed by atoms with Crippen molar-refractivity contribution in [1.82, 2.24) is 0 Å². The Hall–Kier alpha value is -2.90. The zero-order valence-electron chi connectivity index (χ0n) is 25.4. The van der Waals surface area contributed by atoms with Crippen molar-refractivity contribution in [1.29, 1.82) is 0 Å². The van der Waals surface area contributed by atoms with E-state index in [0.717, 1.165) is 48.0 Å². The fraction of sp³-hybridized carbons (Fsp3) is 0.343. The van der Waals surface area contributed by atoms with Gasteiger partial charge in [0, 0.05) is 23.9 Å². The summed E-state index contributed by atoms with van der Waals surface area (Å²) in [5.74, 6) is 0. The molecule has 1 aliphatic rings. The lowest BCUT2D eigenvalue weighted by atomic mass is 10.1. The van der Waals surface area contributed by atoms with Gasteiger partial charge in [-0.3, -0.25) is 0 Å². The number of rotatable bonds is 9. The van der Waals surface area contributed by atoms with Crippen molar-refractivity contribution in [3.05, 3.63) is 82.8 Å². The van der Waals surface area contributed by atoms with Crippen molar-refractivity contribution in [2.75, 3.05) is 66.8 Å². The summed E-state index contributed by atoms with van der Waals surface area (Å²) in [6.45, 7) is 4.35. The maximum absolute atomic E-state index is 2.58. The first-order valence-electron chi connectivity index (χ1n) is 14.7. The second-order valence-corrected chi connectivity index (χ2v) is 15.5. The molecule has 0 amide bonds. The molecule has 0 aliphatic carbocycles. The van der Waals surface area contributed by atoms with Gasteiger partial charge in [-0.1, -0.05) is 71.6 Å². The van der Waals surface area contributed by atoms with Crippen molar-refractivity contribution < 1.29 is 13.5 Å². The number of aryl methyl sites for hydroxylation is 1. The summed E-state index contributed by atoms with van der Waals surface area (Å²) in [6.07, 6.45) is 4.77. The van der Waals surface area contributed by atoms with Crippen molar-refractivity contribution in [3.8, 4) is 0 Å². The number of benzene rings is 4. The van der Waals surface area contributed by atoms with Crippen LogP contribution in [0.2, 0.25) is 0 Å². The first kappa shape index (κ1) is 28.2. The Morgan fingerprint density at radius 1 is 0.732 bits per heavy atom. The molecule has 0 bridgehead atoms. The molecule has 0 N–H and O–H groups in total. The minimum Gasteiger partial charge on any atom is -0.335 e. The van der Waals surface area contributed by atoms with Gasteiger partial charge in [0.25, 0.3) is 5.01 Å². The highest BCUT2D eigenvalue weighted by atomic mass is 32.2. The Labute approximate surface area is 253 Å². The van der Waals surface area contributed by atoms with Crippen LogP contribution in [0.25, 0.3) is 37.8 Å². The van der Waals surface area contributed by atoms with Gasteiger partial charge in [0.2, 0.25) is 5.52 Å².